The van der Waals surface area contributed by atoms with E-state index in [-0.39, 0.29) is 11.6 Å². The third-order valence-electron chi connectivity index (χ3n) is 3.17. The van der Waals surface area contributed by atoms with Gasteiger partial charge in [0.2, 0.25) is 0 Å². The summed E-state index contributed by atoms with van der Waals surface area (Å²) in [5.41, 5.74) is 0.969. The highest BCUT2D eigenvalue weighted by atomic mass is 32.2. The van der Waals surface area contributed by atoms with Crippen LogP contribution < -0.4 is 10.0 Å². The van der Waals surface area contributed by atoms with Crippen molar-refractivity contribution in [3.8, 4) is 0 Å². The molecule has 2 aromatic heterocycles. The van der Waals surface area contributed by atoms with Crippen LogP contribution in [-0.2, 0) is 23.1 Å². The van der Waals surface area contributed by atoms with E-state index in [4.69, 9.17) is 4.52 Å². The monoisotopic (exact) mass is 308 g/mol. The number of rotatable bonds is 7. The van der Waals surface area contributed by atoms with Crippen molar-refractivity contribution in [1.82, 2.24) is 20.2 Å². The molecular weight excluding hydrogens is 292 g/mol. The molecule has 0 amide bonds. The predicted molar refractivity (Wildman–Crippen MR) is 74.6 cm³/mol. The van der Waals surface area contributed by atoms with Crippen LogP contribution in [0.25, 0.3) is 0 Å². The van der Waals surface area contributed by atoms with Crippen LogP contribution in [0.3, 0.4) is 0 Å². The van der Waals surface area contributed by atoms with Crippen LogP contribution in [0.5, 0.6) is 0 Å². The maximum atomic E-state index is 12.1. The van der Waals surface area contributed by atoms with E-state index in [1.807, 2.05) is 0 Å². The first-order chi connectivity index (χ1) is 10.1. The number of nitrogens with zero attached hydrogens (tertiary/aromatic N) is 2. The first-order valence-electron chi connectivity index (χ1n) is 6.71. The van der Waals surface area contributed by atoms with Crippen molar-refractivity contribution in [1.29, 1.82) is 0 Å². The molecule has 0 bridgehead atoms. The number of hydrogen-bond donors (Lipinski definition) is 2. The molecule has 2 N–H and O–H groups in total. The fraction of sp³-hybridized carbons (Fsp3) is 0.385. The van der Waals surface area contributed by atoms with Crippen LogP contribution in [-0.4, -0.2) is 24.6 Å². The van der Waals surface area contributed by atoms with E-state index in [0.29, 0.717) is 18.3 Å². The Labute approximate surface area is 122 Å². The average Bonchev–Trinajstić information content (AvgIpc) is 3.17. The minimum absolute atomic E-state index is 0.00260. The largest absolute Gasteiger partial charge is 0.360 e. The zero-order chi connectivity index (χ0) is 14.7. The Bertz CT molecular complexity index is 679. The van der Waals surface area contributed by atoms with Crippen molar-refractivity contribution in [2.24, 2.45) is 0 Å². The molecule has 2 aromatic rings. The summed E-state index contributed by atoms with van der Waals surface area (Å²) in [6.07, 6.45) is 5.47. The van der Waals surface area contributed by atoms with E-state index in [9.17, 15) is 8.42 Å². The van der Waals surface area contributed by atoms with Crippen molar-refractivity contribution >= 4 is 10.0 Å². The van der Waals surface area contributed by atoms with Gasteiger partial charge in [0, 0.05) is 24.8 Å². The molecule has 1 aliphatic carbocycles. The minimum atomic E-state index is -3.64. The number of sulfonamides is 1. The lowest BCUT2D eigenvalue weighted by Gasteiger charge is -2.06. The van der Waals surface area contributed by atoms with Gasteiger partial charge in [-0.1, -0.05) is 11.2 Å². The lowest BCUT2D eigenvalue weighted by molar-refractivity contribution is 0.380. The van der Waals surface area contributed by atoms with Gasteiger partial charge in [-0.25, -0.2) is 18.1 Å². The molecule has 0 aliphatic heterocycles. The highest BCUT2D eigenvalue weighted by molar-refractivity contribution is 7.89. The van der Waals surface area contributed by atoms with Gasteiger partial charge in [0.15, 0.2) is 10.8 Å². The van der Waals surface area contributed by atoms with Crippen LogP contribution in [0.4, 0.5) is 0 Å². The summed E-state index contributed by atoms with van der Waals surface area (Å²) in [6, 6.07) is 5.48. The molecule has 2 heterocycles. The molecule has 112 valence electrons. The molecule has 0 saturated heterocycles. The van der Waals surface area contributed by atoms with Gasteiger partial charge >= 0.3 is 0 Å². The Morgan fingerprint density at radius 2 is 2.10 bits per heavy atom. The predicted octanol–water partition coefficient (Wildman–Crippen LogP) is 0.800. The molecule has 3 rings (SSSR count). The topological polar surface area (TPSA) is 97.1 Å². The summed E-state index contributed by atoms with van der Waals surface area (Å²) in [6.45, 7) is 0.762. The van der Waals surface area contributed by atoms with Gasteiger partial charge in [0.1, 0.15) is 0 Å². The fourth-order valence-electron chi connectivity index (χ4n) is 1.80. The first kappa shape index (κ1) is 14.2. The van der Waals surface area contributed by atoms with E-state index in [0.717, 1.165) is 5.56 Å². The third kappa shape index (κ3) is 3.87. The number of aromatic nitrogens is 2. The van der Waals surface area contributed by atoms with Crippen LogP contribution in [0.1, 0.15) is 24.2 Å². The van der Waals surface area contributed by atoms with Crippen molar-refractivity contribution in [3.05, 3.63) is 41.9 Å². The lowest BCUT2D eigenvalue weighted by atomic mass is 10.3. The normalized spacial score (nSPS) is 15.2. The highest BCUT2D eigenvalue weighted by Crippen LogP contribution is 2.19. The van der Waals surface area contributed by atoms with Crippen molar-refractivity contribution in [2.75, 3.05) is 0 Å². The van der Waals surface area contributed by atoms with Crippen LogP contribution in [0, 0.1) is 0 Å². The number of nitrogens with one attached hydrogen (secondary N) is 2. The van der Waals surface area contributed by atoms with E-state index in [1.54, 1.807) is 18.3 Å². The Hall–Kier alpha value is -1.77. The fourth-order valence-corrected chi connectivity index (χ4v) is 2.72. The Kier molecular flexibility index (Phi) is 4.00. The summed E-state index contributed by atoms with van der Waals surface area (Å²) in [5, 5.41) is 6.86. The molecule has 0 spiro atoms. The molecule has 0 radical (unpaired) electrons. The summed E-state index contributed by atoms with van der Waals surface area (Å²) in [4.78, 5) is 4.01. The molecule has 7 nitrogen and oxygen atoms in total. The molecular formula is C13H16N4O3S. The van der Waals surface area contributed by atoms with Crippen molar-refractivity contribution in [2.45, 2.75) is 37.0 Å². The van der Waals surface area contributed by atoms with Gasteiger partial charge in [-0.05, 0) is 24.5 Å². The molecule has 8 heteroatoms. The van der Waals surface area contributed by atoms with Gasteiger partial charge in [0.25, 0.3) is 10.0 Å². The van der Waals surface area contributed by atoms with Gasteiger partial charge in [-0.15, -0.1) is 0 Å². The Morgan fingerprint density at radius 3 is 2.71 bits per heavy atom. The van der Waals surface area contributed by atoms with E-state index < -0.39 is 10.0 Å². The van der Waals surface area contributed by atoms with Crippen LogP contribution in [0.15, 0.2) is 40.1 Å². The molecule has 1 aliphatic rings. The third-order valence-corrected chi connectivity index (χ3v) is 4.49. The van der Waals surface area contributed by atoms with E-state index in [1.165, 1.54) is 25.1 Å². The summed E-state index contributed by atoms with van der Waals surface area (Å²) >= 11 is 0. The smallest absolute Gasteiger partial charge is 0.258 e. The van der Waals surface area contributed by atoms with Gasteiger partial charge in [0.05, 0.1) is 12.7 Å². The maximum Gasteiger partial charge on any atom is 0.258 e. The second-order valence-corrected chi connectivity index (χ2v) is 6.68. The molecule has 1 fully saturated rings. The average molecular weight is 308 g/mol. The molecule has 0 atom stereocenters. The lowest BCUT2D eigenvalue weighted by Crippen LogP contribution is -2.24. The van der Waals surface area contributed by atoms with Gasteiger partial charge in [-0.3, -0.25) is 0 Å². The molecule has 0 aromatic carbocycles. The van der Waals surface area contributed by atoms with Crippen molar-refractivity contribution < 1.29 is 12.9 Å². The van der Waals surface area contributed by atoms with E-state index >= 15 is 0 Å². The molecule has 1 saturated carbocycles. The zero-order valence-corrected chi connectivity index (χ0v) is 12.1. The van der Waals surface area contributed by atoms with Gasteiger partial charge in [-0.2, -0.15) is 0 Å². The SMILES string of the molecule is O=S(=O)(NCc1ccno1)c1ccc(CNC2CC2)cn1. The zero-order valence-electron chi connectivity index (χ0n) is 11.3. The van der Waals surface area contributed by atoms with Crippen LogP contribution in [0.2, 0.25) is 0 Å². The summed E-state index contributed by atoms with van der Waals surface area (Å²) in [7, 11) is -3.64. The molecule has 0 unspecified atom stereocenters. The molecule has 21 heavy (non-hydrogen) atoms. The maximum absolute atomic E-state index is 12.1. The highest BCUT2D eigenvalue weighted by Gasteiger charge is 2.20. The summed E-state index contributed by atoms with van der Waals surface area (Å²) < 4.78 is 31.4. The standard InChI is InChI=1S/C13H16N4O3S/c18-21(19,17-9-12-5-6-16-20-12)13-4-1-10(8-15-13)7-14-11-2-3-11/h1,4-6,8,11,14,17H,2-3,7,9H2. The van der Waals surface area contributed by atoms with Crippen molar-refractivity contribution in [3.63, 3.8) is 0 Å². The quantitative estimate of drug-likeness (QED) is 0.785. The Balaban J connectivity index is 1.61. The minimum Gasteiger partial charge on any atom is -0.360 e. The Morgan fingerprint density at radius 1 is 1.24 bits per heavy atom. The van der Waals surface area contributed by atoms with Crippen LogP contribution >= 0.6 is 0 Å². The second kappa shape index (κ2) is 5.92. The van der Waals surface area contributed by atoms with Gasteiger partial charge < -0.3 is 9.84 Å². The number of hydrogen-bond acceptors (Lipinski definition) is 6. The second-order valence-electron chi connectivity index (χ2n) is 4.96. The number of pyridine rings is 1. The first-order valence-corrected chi connectivity index (χ1v) is 8.19. The van der Waals surface area contributed by atoms with E-state index in [2.05, 4.69) is 20.2 Å². The summed E-state index contributed by atoms with van der Waals surface area (Å²) in [5.74, 6) is 0.448.